The molecule has 3 heteroatoms. The smallest absolute Gasteiger partial charge is 1.00 e. The first-order valence-electron chi connectivity index (χ1n) is 9.13. The molecule has 0 saturated carbocycles. The Balaban J connectivity index is 0.000000490. The van der Waals surface area contributed by atoms with Crippen molar-refractivity contribution in [2.75, 3.05) is 0 Å². The van der Waals surface area contributed by atoms with Gasteiger partial charge < -0.3 is 24.8 Å². The molecule has 29 heavy (non-hydrogen) atoms. The molecule has 0 heterocycles. The molecule has 0 amide bonds. The second-order valence-corrected chi connectivity index (χ2v) is 6.98. The molecule has 148 valence electrons. The summed E-state index contributed by atoms with van der Waals surface area (Å²) in [6.07, 6.45) is 0. The first-order valence-corrected chi connectivity index (χ1v) is 9.13. The standard InChI is InChI=1S/2C13H13.2ClH.Zr/c2*1-10-7-8-12(9-10)13-6-4-3-5-11(13)2;;;/h2*3-9H,1-2H3;2*1H;/q2*-1;;;+4/p-2. The summed E-state index contributed by atoms with van der Waals surface area (Å²) in [4.78, 5) is 0. The van der Waals surface area contributed by atoms with Gasteiger partial charge >= 0.3 is 26.2 Å². The molecule has 0 fully saturated rings. The molecule has 0 unspecified atom stereocenters. The van der Waals surface area contributed by atoms with E-state index in [1.54, 1.807) is 0 Å². The molecule has 0 saturated heterocycles. The molecular weight excluding hydrogens is 474 g/mol. The van der Waals surface area contributed by atoms with Gasteiger partial charge in [-0.05, 0) is 0 Å². The third-order valence-corrected chi connectivity index (χ3v) is 4.73. The zero-order valence-corrected chi connectivity index (χ0v) is 21.3. The molecule has 0 nitrogen and oxygen atoms in total. The molecule has 0 aliphatic rings. The van der Waals surface area contributed by atoms with Gasteiger partial charge in [-0.3, -0.25) is 0 Å². The fourth-order valence-corrected chi connectivity index (χ4v) is 3.25. The van der Waals surface area contributed by atoms with Crippen molar-refractivity contribution in [2.45, 2.75) is 27.7 Å². The van der Waals surface area contributed by atoms with E-state index in [0.717, 1.165) is 0 Å². The van der Waals surface area contributed by atoms with Crippen molar-refractivity contribution in [3.63, 3.8) is 0 Å². The maximum atomic E-state index is 2.22. The average Bonchev–Trinajstić information content (AvgIpc) is 3.25. The Morgan fingerprint density at radius 1 is 0.517 bits per heavy atom. The van der Waals surface area contributed by atoms with Crippen LogP contribution in [-0.4, -0.2) is 0 Å². The van der Waals surface area contributed by atoms with E-state index in [0.29, 0.717) is 0 Å². The Morgan fingerprint density at radius 3 is 1.14 bits per heavy atom. The van der Waals surface area contributed by atoms with Gasteiger partial charge in [-0.1, -0.05) is 75.2 Å². The van der Waals surface area contributed by atoms with Crippen LogP contribution in [0.5, 0.6) is 0 Å². The maximum absolute atomic E-state index is 2.22. The quantitative estimate of drug-likeness (QED) is 0.365. The molecule has 0 atom stereocenters. The topological polar surface area (TPSA) is 0 Å². The van der Waals surface area contributed by atoms with E-state index < -0.39 is 0 Å². The third kappa shape index (κ3) is 7.41. The summed E-state index contributed by atoms with van der Waals surface area (Å²) < 4.78 is 0. The van der Waals surface area contributed by atoms with Crippen LogP contribution in [-0.2, 0) is 26.2 Å². The molecule has 0 aliphatic carbocycles. The van der Waals surface area contributed by atoms with Gasteiger partial charge in [0.05, 0.1) is 0 Å². The van der Waals surface area contributed by atoms with E-state index in [9.17, 15) is 0 Å². The summed E-state index contributed by atoms with van der Waals surface area (Å²) in [6, 6.07) is 30.1. The molecule has 0 spiro atoms. The maximum Gasteiger partial charge on any atom is 4.00 e. The van der Waals surface area contributed by atoms with Gasteiger partial charge in [0.2, 0.25) is 0 Å². The Kier molecular flexibility index (Phi) is 12.4. The Hall–Kier alpha value is -1.40. The van der Waals surface area contributed by atoms with Gasteiger partial charge in [0, 0.05) is 0 Å². The van der Waals surface area contributed by atoms with Crippen LogP contribution < -0.4 is 24.8 Å². The van der Waals surface area contributed by atoms with Crippen LogP contribution in [0.1, 0.15) is 22.3 Å². The fourth-order valence-electron chi connectivity index (χ4n) is 3.25. The van der Waals surface area contributed by atoms with E-state index in [1.807, 2.05) is 0 Å². The molecule has 0 aromatic heterocycles. The largest absolute Gasteiger partial charge is 4.00 e. The molecule has 0 N–H and O–H groups in total. The van der Waals surface area contributed by atoms with Gasteiger partial charge in [0.25, 0.3) is 0 Å². The monoisotopic (exact) mass is 498 g/mol. The van der Waals surface area contributed by atoms with Crippen molar-refractivity contribution < 1.29 is 51.0 Å². The van der Waals surface area contributed by atoms with E-state index in [-0.39, 0.29) is 51.0 Å². The van der Waals surface area contributed by atoms with Crippen molar-refractivity contribution >= 4 is 0 Å². The van der Waals surface area contributed by atoms with Gasteiger partial charge in [-0.2, -0.15) is 0 Å². The van der Waals surface area contributed by atoms with E-state index >= 15 is 0 Å². The number of aryl methyl sites for hydroxylation is 4. The van der Waals surface area contributed by atoms with Crippen LogP contribution in [0.3, 0.4) is 0 Å². The van der Waals surface area contributed by atoms with Crippen molar-refractivity contribution in [3.8, 4) is 22.3 Å². The van der Waals surface area contributed by atoms with E-state index in [1.165, 1.54) is 44.5 Å². The van der Waals surface area contributed by atoms with Crippen LogP contribution in [0.25, 0.3) is 22.3 Å². The summed E-state index contributed by atoms with van der Waals surface area (Å²) >= 11 is 0. The summed E-state index contributed by atoms with van der Waals surface area (Å²) in [7, 11) is 0. The van der Waals surface area contributed by atoms with Crippen LogP contribution in [0, 0.1) is 27.7 Å². The van der Waals surface area contributed by atoms with Gasteiger partial charge in [0.1, 0.15) is 0 Å². The molecule has 4 rings (SSSR count). The zero-order chi connectivity index (χ0) is 18.5. The average molecular weight is 501 g/mol. The third-order valence-electron chi connectivity index (χ3n) is 4.73. The van der Waals surface area contributed by atoms with Crippen LogP contribution in [0.2, 0.25) is 0 Å². The minimum atomic E-state index is 0. The summed E-state index contributed by atoms with van der Waals surface area (Å²) in [5.74, 6) is 0. The predicted molar refractivity (Wildman–Crippen MR) is 114 cm³/mol. The van der Waals surface area contributed by atoms with Crippen molar-refractivity contribution in [1.29, 1.82) is 0 Å². The van der Waals surface area contributed by atoms with Crippen LogP contribution >= 0.6 is 0 Å². The summed E-state index contributed by atoms with van der Waals surface area (Å²) in [6.45, 7) is 8.55. The van der Waals surface area contributed by atoms with Gasteiger partial charge in [0.15, 0.2) is 0 Å². The van der Waals surface area contributed by atoms with Crippen molar-refractivity contribution in [1.82, 2.24) is 0 Å². The fraction of sp³-hybridized carbons (Fsp3) is 0.154. The Labute approximate surface area is 207 Å². The molecule has 4 aromatic rings. The molecule has 4 aromatic carbocycles. The van der Waals surface area contributed by atoms with Gasteiger partial charge in [-0.25, -0.2) is 0 Å². The normalized spacial score (nSPS) is 9.24. The molecule has 0 radical (unpaired) electrons. The molecule has 0 aliphatic heterocycles. The van der Waals surface area contributed by atoms with Crippen LogP contribution in [0.15, 0.2) is 84.9 Å². The van der Waals surface area contributed by atoms with E-state index in [2.05, 4.69) is 113 Å². The Morgan fingerprint density at radius 2 is 0.862 bits per heavy atom. The summed E-state index contributed by atoms with van der Waals surface area (Å²) in [5.41, 5.74) is 10.7. The van der Waals surface area contributed by atoms with Crippen LogP contribution in [0.4, 0.5) is 0 Å². The summed E-state index contributed by atoms with van der Waals surface area (Å²) in [5, 5.41) is 0. The number of rotatable bonds is 2. The SMILES string of the molecule is Cc1cc[c-](-c2ccccc2C)c1.Cc1cc[c-](-c2ccccc2C)c1.[Cl-].[Cl-].[Zr+4]. The van der Waals surface area contributed by atoms with Gasteiger partial charge in [-0.15, -0.1) is 81.9 Å². The van der Waals surface area contributed by atoms with Crippen molar-refractivity contribution in [3.05, 3.63) is 107 Å². The number of benzene rings is 2. The van der Waals surface area contributed by atoms with E-state index in [4.69, 9.17) is 0 Å². The predicted octanol–water partition coefficient (Wildman–Crippen LogP) is 1.38. The zero-order valence-electron chi connectivity index (χ0n) is 17.3. The first kappa shape index (κ1) is 27.6. The minimum absolute atomic E-state index is 0. The second-order valence-electron chi connectivity index (χ2n) is 6.98. The number of halogens is 2. The minimum Gasteiger partial charge on any atom is -1.00 e. The first-order chi connectivity index (χ1) is 12.5. The molecule has 0 bridgehead atoms. The van der Waals surface area contributed by atoms with Crippen molar-refractivity contribution in [2.24, 2.45) is 0 Å². The second kappa shape index (κ2) is 13.0. The number of hydrogen-bond donors (Lipinski definition) is 0. The Bertz CT molecular complexity index is 913. The number of hydrogen-bond acceptors (Lipinski definition) is 0. The molecular formula is C26H26Cl2Zr.